The van der Waals surface area contributed by atoms with Crippen molar-refractivity contribution in [1.29, 1.82) is 5.26 Å². The van der Waals surface area contributed by atoms with E-state index in [0.29, 0.717) is 45.8 Å². The van der Waals surface area contributed by atoms with Crippen LogP contribution in [0, 0.1) is 18.3 Å². The number of nitrogens with zero attached hydrogens (tertiary/aromatic N) is 4. The van der Waals surface area contributed by atoms with E-state index in [2.05, 4.69) is 23.1 Å². The van der Waals surface area contributed by atoms with Crippen LogP contribution in [0.2, 0.25) is 0 Å². The first-order valence-corrected chi connectivity index (χ1v) is 13.3. The number of pyridine rings is 1. The summed E-state index contributed by atoms with van der Waals surface area (Å²) in [6.45, 7) is 7.50. The summed E-state index contributed by atoms with van der Waals surface area (Å²) in [7, 11) is 1.68. The van der Waals surface area contributed by atoms with Gasteiger partial charge in [0.25, 0.3) is 11.5 Å². The van der Waals surface area contributed by atoms with Gasteiger partial charge in [0, 0.05) is 32.2 Å². The summed E-state index contributed by atoms with van der Waals surface area (Å²) in [5.41, 5.74) is 2.22. The van der Waals surface area contributed by atoms with Crippen molar-refractivity contribution in [2.24, 2.45) is 7.05 Å². The summed E-state index contributed by atoms with van der Waals surface area (Å²) in [4.78, 5) is 30.6. The van der Waals surface area contributed by atoms with Crippen LogP contribution < -0.4 is 10.5 Å². The molecule has 2 fully saturated rings. The first-order valence-electron chi connectivity index (χ1n) is 12.0. The highest BCUT2D eigenvalue weighted by Crippen LogP contribution is 2.36. The van der Waals surface area contributed by atoms with Gasteiger partial charge in [-0.1, -0.05) is 54.3 Å². The Bertz CT molecular complexity index is 1300. The van der Waals surface area contributed by atoms with Crippen molar-refractivity contribution in [2.45, 2.75) is 45.8 Å². The maximum absolute atomic E-state index is 13.4. The maximum atomic E-state index is 13.4. The first kappa shape index (κ1) is 26.1. The largest absolute Gasteiger partial charge is 0.372 e. The lowest BCUT2D eigenvalue weighted by molar-refractivity contribution is -0.122. The zero-order chi connectivity index (χ0) is 26.0. The number of rotatable bonds is 6. The molecule has 7 nitrogen and oxygen atoms in total. The number of nitriles is 1. The number of aryl methyl sites for hydroxylation is 1. The Hall–Kier alpha value is -2.93. The molecular weight excluding hydrogens is 492 g/mol. The molecule has 1 aromatic carbocycles. The molecule has 2 atom stereocenters. The van der Waals surface area contributed by atoms with Crippen LogP contribution in [0.1, 0.15) is 42.5 Å². The van der Waals surface area contributed by atoms with E-state index in [0.717, 1.165) is 12.8 Å². The summed E-state index contributed by atoms with van der Waals surface area (Å²) in [6, 6.07) is 12.2. The molecule has 2 saturated heterocycles. The highest BCUT2D eigenvalue weighted by Gasteiger charge is 2.33. The number of ether oxygens (including phenoxy) is 1. The second kappa shape index (κ2) is 11.0. The second-order valence-electron chi connectivity index (χ2n) is 9.30. The van der Waals surface area contributed by atoms with E-state index in [1.54, 1.807) is 24.9 Å². The van der Waals surface area contributed by atoms with E-state index < -0.39 is 0 Å². The van der Waals surface area contributed by atoms with Gasteiger partial charge in [-0.05, 0) is 50.8 Å². The van der Waals surface area contributed by atoms with Crippen molar-refractivity contribution in [2.75, 3.05) is 24.5 Å². The summed E-state index contributed by atoms with van der Waals surface area (Å²) in [6.07, 6.45) is 3.42. The second-order valence-corrected chi connectivity index (χ2v) is 11.0. The third-order valence-corrected chi connectivity index (χ3v) is 7.90. The van der Waals surface area contributed by atoms with Crippen molar-refractivity contribution < 1.29 is 9.53 Å². The number of carbonyl (C=O) groups is 1. The van der Waals surface area contributed by atoms with Gasteiger partial charge in [-0.2, -0.15) is 5.26 Å². The topological polar surface area (TPSA) is 78.6 Å². The first-order chi connectivity index (χ1) is 17.2. The van der Waals surface area contributed by atoms with Crippen LogP contribution in [-0.2, 0) is 23.0 Å². The zero-order valence-corrected chi connectivity index (χ0v) is 22.6. The molecule has 2 aliphatic heterocycles. The number of hydrogen-bond acceptors (Lipinski definition) is 7. The molecule has 2 aliphatic rings. The Morgan fingerprint density at radius 3 is 2.50 bits per heavy atom. The molecule has 1 amide bonds. The van der Waals surface area contributed by atoms with Crippen molar-refractivity contribution in [1.82, 2.24) is 9.47 Å². The quantitative estimate of drug-likeness (QED) is 0.419. The fourth-order valence-corrected chi connectivity index (χ4v) is 6.15. The Labute approximate surface area is 221 Å². The predicted octanol–water partition coefficient (Wildman–Crippen LogP) is 4.01. The van der Waals surface area contributed by atoms with Crippen molar-refractivity contribution in [3.63, 3.8) is 0 Å². The highest BCUT2D eigenvalue weighted by molar-refractivity contribution is 8.26. The number of hydrogen-bond donors (Lipinski definition) is 0. The smallest absolute Gasteiger partial charge is 0.270 e. The number of thiocarbonyl (C=S) groups is 1. The van der Waals surface area contributed by atoms with Crippen LogP contribution >= 0.6 is 24.0 Å². The number of morpholine rings is 1. The Morgan fingerprint density at radius 1 is 1.19 bits per heavy atom. The van der Waals surface area contributed by atoms with Crippen LogP contribution in [0.15, 0.2) is 40.0 Å². The molecule has 0 radical (unpaired) electrons. The summed E-state index contributed by atoms with van der Waals surface area (Å²) in [5, 5.41) is 9.70. The lowest BCUT2D eigenvalue weighted by Crippen LogP contribution is -2.47. The minimum atomic E-state index is -0.345. The van der Waals surface area contributed by atoms with Gasteiger partial charge in [0.2, 0.25) is 0 Å². The zero-order valence-electron chi connectivity index (χ0n) is 21.0. The van der Waals surface area contributed by atoms with Crippen molar-refractivity contribution in [3.8, 4) is 6.07 Å². The van der Waals surface area contributed by atoms with E-state index in [-0.39, 0.29) is 29.2 Å². The Kier molecular flexibility index (Phi) is 7.98. The van der Waals surface area contributed by atoms with Crippen LogP contribution in [0.3, 0.4) is 0 Å². The van der Waals surface area contributed by atoms with E-state index >= 15 is 0 Å². The van der Waals surface area contributed by atoms with Gasteiger partial charge in [0.1, 0.15) is 21.8 Å². The van der Waals surface area contributed by atoms with Crippen LogP contribution in [0.4, 0.5) is 5.82 Å². The number of carbonyl (C=O) groups excluding carboxylic acids is 1. The number of amides is 1. The Morgan fingerprint density at radius 2 is 1.86 bits per heavy atom. The van der Waals surface area contributed by atoms with Gasteiger partial charge < -0.3 is 9.64 Å². The van der Waals surface area contributed by atoms with Crippen LogP contribution in [0.25, 0.3) is 6.08 Å². The van der Waals surface area contributed by atoms with Gasteiger partial charge in [-0.15, -0.1) is 0 Å². The number of aromatic nitrogens is 1. The Balaban J connectivity index is 1.67. The normalized spacial score (nSPS) is 21.4. The number of anilines is 1. The molecule has 2 aromatic rings. The van der Waals surface area contributed by atoms with Gasteiger partial charge in [0.15, 0.2) is 0 Å². The molecule has 0 spiro atoms. The molecule has 9 heteroatoms. The summed E-state index contributed by atoms with van der Waals surface area (Å²) in [5.74, 6) is 0.548. The summed E-state index contributed by atoms with van der Waals surface area (Å²) >= 11 is 6.82. The van der Waals surface area contributed by atoms with Gasteiger partial charge in [0.05, 0.1) is 17.1 Å². The molecule has 188 valence electrons. The maximum Gasteiger partial charge on any atom is 0.270 e. The van der Waals surface area contributed by atoms with Crippen LogP contribution in [-0.4, -0.2) is 51.5 Å². The van der Waals surface area contributed by atoms with Gasteiger partial charge in [-0.3, -0.25) is 19.1 Å². The van der Waals surface area contributed by atoms with Crippen molar-refractivity contribution >= 4 is 46.1 Å². The minimum absolute atomic E-state index is 0.0181. The third-order valence-electron chi connectivity index (χ3n) is 6.53. The molecule has 0 aliphatic carbocycles. The van der Waals surface area contributed by atoms with Crippen molar-refractivity contribution in [3.05, 3.63) is 67.8 Å². The molecular formula is C27H30N4O3S2. The molecule has 0 N–H and O–H groups in total. The van der Waals surface area contributed by atoms with E-state index in [1.165, 1.54) is 21.9 Å². The predicted molar refractivity (Wildman–Crippen MR) is 148 cm³/mol. The average molecular weight is 523 g/mol. The average Bonchev–Trinajstić information content (AvgIpc) is 3.10. The number of thioether (sulfide) groups is 1. The molecule has 2 unspecified atom stereocenters. The monoisotopic (exact) mass is 522 g/mol. The van der Waals surface area contributed by atoms with E-state index in [1.807, 2.05) is 32.0 Å². The minimum Gasteiger partial charge on any atom is -0.372 e. The SMILES string of the molecule is Cc1c(/C=C2\SC(=S)N(CCCc3ccccc3)C2=O)c(N2CC(C)OC(C)C2)n(C)c(=O)c1C#N. The lowest BCUT2D eigenvalue weighted by Gasteiger charge is -2.38. The van der Waals surface area contributed by atoms with E-state index in [4.69, 9.17) is 17.0 Å². The highest BCUT2D eigenvalue weighted by atomic mass is 32.2. The fraction of sp³-hybridized carbons (Fsp3) is 0.407. The molecule has 4 rings (SSSR count). The molecule has 36 heavy (non-hydrogen) atoms. The molecule has 1 aromatic heterocycles. The van der Waals surface area contributed by atoms with Gasteiger partial charge >= 0.3 is 0 Å². The van der Waals surface area contributed by atoms with Crippen LogP contribution in [0.5, 0.6) is 0 Å². The molecule has 3 heterocycles. The number of benzene rings is 1. The van der Waals surface area contributed by atoms with E-state index in [9.17, 15) is 14.9 Å². The standard InChI is InChI=1S/C27H30N4O3S2/c1-17-15-30(16-18(2)34-17)24-21(19(3)22(14-28)25(32)29(24)4)13-23-26(33)31(27(35)36-23)12-8-11-20-9-6-5-7-10-20/h5-7,9-10,13,17-18H,8,11-12,15-16H2,1-4H3/b23-13-. The molecule has 0 saturated carbocycles. The van der Waals surface area contributed by atoms with Gasteiger partial charge in [-0.25, -0.2) is 0 Å². The fourth-order valence-electron chi connectivity index (χ4n) is 4.85. The lowest BCUT2D eigenvalue weighted by atomic mass is 10.0. The third kappa shape index (κ3) is 5.26. The molecule has 0 bridgehead atoms. The summed E-state index contributed by atoms with van der Waals surface area (Å²) < 4.78 is 7.93.